The molecular weight excluding hydrogens is 256 g/mol. The molecule has 0 fully saturated rings. The van der Waals surface area contributed by atoms with Crippen LogP contribution in [0.4, 0.5) is 5.69 Å². The van der Waals surface area contributed by atoms with E-state index in [9.17, 15) is 4.79 Å². The highest BCUT2D eigenvalue weighted by atomic mass is 32.2. The highest BCUT2D eigenvalue weighted by Crippen LogP contribution is 2.31. The molecule has 4 heteroatoms. The van der Waals surface area contributed by atoms with Gasteiger partial charge in [0.05, 0.1) is 5.92 Å². The molecule has 1 atom stereocenters. The van der Waals surface area contributed by atoms with Crippen molar-refractivity contribution in [2.24, 2.45) is 0 Å². The van der Waals surface area contributed by atoms with Crippen LogP contribution >= 0.6 is 11.8 Å². The minimum Gasteiger partial charge on any atom is -0.385 e. The fourth-order valence-electron chi connectivity index (χ4n) is 2.28. The van der Waals surface area contributed by atoms with Gasteiger partial charge in [-0.25, -0.2) is 0 Å². The average molecular weight is 276 g/mol. The Hall–Kier alpha value is -1.42. The summed E-state index contributed by atoms with van der Waals surface area (Å²) in [4.78, 5) is 12.2. The van der Waals surface area contributed by atoms with E-state index in [1.54, 1.807) is 11.8 Å². The molecule has 0 saturated carbocycles. The Morgan fingerprint density at radius 3 is 3.21 bits per heavy atom. The molecular formula is C15H20N2OS. The molecule has 0 radical (unpaired) electrons. The maximum absolute atomic E-state index is 12.2. The number of nitrogens with one attached hydrogen (secondary N) is 2. The van der Waals surface area contributed by atoms with E-state index < -0.39 is 0 Å². The summed E-state index contributed by atoms with van der Waals surface area (Å²) in [6.07, 6.45) is 2.75. The lowest BCUT2D eigenvalue weighted by atomic mass is 9.90. The molecule has 1 aliphatic heterocycles. The van der Waals surface area contributed by atoms with E-state index in [2.05, 4.69) is 17.2 Å². The van der Waals surface area contributed by atoms with Crippen LogP contribution in [0.1, 0.15) is 17.9 Å². The second kappa shape index (κ2) is 7.24. The topological polar surface area (TPSA) is 41.1 Å². The van der Waals surface area contributed by atoms with Gasteiger partial charge in [0, 0.05) is 30.3 Å². The van der Waals surface area contributed by atoms with E-state index in [0.717, 1.165) is 42.3 Å². The molecule has 0 aromatic heterocycles. The number of anilines is 1. The molecule has 1 aromatic rings. The average Bonchev–Trinajstić information content (AvgIpc) is 2.46. The van der Waals surface area contributed by atoms with E-state index in [0.29, 0.717) is 0 Å². The van der Waals surface area contributed by atoms with Crippen molar-refractivity contribution in [1.29, 1.82) is 0 Å². The quantitative estimate of drug-likeness (QED) is 0.620. The lowest BCUT2D eigenvalue weighted by Crippen LogP contribution is -2.34. The molecule has 19 heavy (non-hydrogen) atoms. The first-order chi connectivity index (χ1) is 9.33. The molecule has 102 valence electrons. The van der Waals surface area contributed by atoms with Crippen molar-refractivity contribution in [3.63, 3.8) is 0 Å². The smallest absolute Gasteiger partial charge is 0.227 e. The van der Waals surface area contributed by atoms with E-state index >= 15 is 0 Å². The van der Waals surface area contributed by atoms with Crippen molar-refractivity contribution in [3.05, 3.63) is 42.5 Å². The van der Waals surface area contributed by atoms with Crippen LogP contribution in [-0.4, -0.2) is 30.5 Å². The molecule has 0 saturated heterocycles. The summed E-state index contributed by atoms with van der Waals surface area (Å²) < 4.78 is 0. The molecule has 1 aromatic carbocycles. The Kier molecular flexibility index (Phi) is 5.33. The first kappa shape index (κ1) is 14.0. The predicted molar refractivity (Wildman–Crippen MR) is 82.8 cm³/mol. The highest BCUT2D eigenvalue weighted by Gasteiger charge is 2.25. The lowest BCUT2D eigenvalue weighted by Gasteiger charge is -2.25. The van der Waals surface area contributed by atoms with Crippen molar-refractivity contribution in [2.75, 3.05) is 29.9 Å². The number of carbonyl (C=O) groups is 1. The van der Waals surface area contributed by atoms with Crippen molar-refractivity contribution in [3.8, 4) is 0 Å². The number of para-hydroxylation sites is 1. The standard InChI is InChI=1S/C15H20N2OS/c1-2-10-19-11-9-17-15(18)13-7-8-16-14-6-4-3-5-12(13)14/h2-6,13,16H,1,7-11H2,(H,17,18). The number of amides is 1. The van der Waals surface area contributed by atoms with Crippen LogP contribution < -0.4 is 10.6 Å². The van der Waals surface area contributed by atoms with Crippen LogP contribution in [0.5, 0.6) is 0 Å². The predicted octanol–water partition coefficient (Wildman–Crippen LogP) is 2.62. The fraction of sp³-hybridized carbons (Fsp3) is 0.400. The Labute approximate surface area is 118 Å². The van der Waals surface area contributed by atoms with Gasteiger partial charge in [-0.3, -0.25) is 4.79 Å². The maximum Gasteiger partial charge on any atom is 0.227 e. The molecule has 2 rings (SSSR count). The van der Waals surface area contributed by atoms with Gasteiger partial charge in [0.2, 0.25) is 5.91 Å². The Balaban J connectivity index is 1.88. The Morgan fingerprint density at radius 1 is 1.53 bits per heavy atom. The van der Waals surface area contributed by atoms with Gasteiger partial charge in [-0.15, -0.1) is 6.58 Å². The lowest BCUT2D eigenvalue weighted by molar-refractivity contribution is -0.122. The zero-order chi connectivity index (χ0) is 13.5. The number of carbonyl (C=O) groups excluding carboxylic acids is 1. The number of rotatable bonds is 6. The third-order valence-electron chi connectivity index (χ3n) is 3.18. The second-order valence-corrected chi connectivity index (χ2v) is 5.66. The fourth-order valence-corrected chi connectivity index (χ4v) is 2.86. The highest BCUT2D eigenvalue weighted by molar-refractivity contribution is 7.99. The third-order valence-corrected chi connectivity index (χ3v) is 4.15. The van der Waals surface area contributed by atoms with Crippen LogP contribution in [0.15, 0.2) is 36.9 Å². The number of hydrogen-bond acceptors (Lipinski definition) is 3. The SMILES string of the molecule is C=CCSCCNC(=O)C1CCNc2ccccc21. The number of hydrogen-bond donors (Lipinski definition) is 2. The van der Waals surface area contributed by atoms with Crippen LogP contribution in [0.25, 0.3) is 0 Å². The van der Waals surface area contributed by atoms with Crippen LogP contribution in [0, 0.1) is 0 Å². The molecule has 0 bridgehead atoms. The normalized spacial score (nSPS) is 17.2. The monoisotopic (exact) mass is 276 g/mol. The Bertz CT molecular complexity index is 448. The van der Waals surface area contributed by atoms with Crippen molar-refractivity contribution >= 4 is 23.4 Å². The van der Waals surface area contributed by atoms with E-state index in [1.807, 2.05) is 30.3 Å². The third kappa shape index (κ3) is 3.77. The van der Waals surface area contributed by atoms with E-state index in [1.165, 1.54) is 0 Å². The number of benzene rings is 1. The summed E-state index contributed by atoms with van der Waals surface area (Å²) in [6.45, 7) is 5.26. The van der Waals surface area contributed by atoms with E-state index in [4.69, 9.17) is 0 Å². The van der Waals surface area contributed by atoms with Gasteiger partial charge < -0.3 is 10.6 Å². The summed E-state index contributed by atoms with van der Waals surface area (Å²) in [5.74, 6) is 2.01. The van der Waals surface area contributed by atoms with Crippen LogP contribution in [-0.2, 0) is 4.79 Å². The summed E-state index contributed by atoms with van der Waals surface area (Å²) in [7, 11) is 0. The first-order valence-electron chi connectivity index (χ1n) is 6.62. The largest absolute Gasteiger partial charge is 0.385 e. The second-order valence-electron chi connectivity index (χ2n) is 4.51. The minimum absolute atomic E-state index is 0.0122. The molecule has 0 spiro atoms. The van der Waals surface area contributed by atoms with Gasteiger partial charge >= 0.3 is 0 Å². The molecule has 1 amide bonds. The number of fused-ring (bicyclic) bond motifs is 1. The zero-order valence-corrected chi connectivity index (χ0v) is 11.8. The van der Waals surface area contributed by atoms with Gasteiger partial charge in [-0.1, -0.05) is 24.3 Å². The molecule has 2 N–H and O–H groups in total. The summed E-state index contributed by atoms with van der Waals surface area (Å²) in [5, 5.41) is 6.37. The van der Waals surface area contributed by atoms with Crippen LogP contribution in [0.3, 0.4) is 0 Å². The zero-order valence-electron chi connectivity index (χ0n) is 11.0. The molecule has 1 aliphatic rings. The first-order valence-corrected chi connectivity index (χ1v) is 7.77. The molecule has 1 unspecified atom stereocenters. The van der Waals surface area contributed by atoms with Crippen molar-refractivity contribution < 1.29 is 4.79 Å². The van der Waals surface area contributed by atoms with Crippen molar-refractivity contribution in [1.82, 2.24) is 5.32 Å². The van der Waals surface area contributed by atoms with Gasteiger partial charge in [0.15, 0.2) is 0 Å². The minimum atomic E-state index is -0.0122. The van der Waals surface area contributed by atoms with Gasteiger partial charge in [0.25, 0.3) is 0 Å². The summed E-state index contributed by atoms with van der Waals surface area (Å²) in [5.41, 5.74) is 2.21. The Morgan fingerprint density at radius 2 is 2.37 bits per heavy atom. The maximum atomic E-state index is 12.2. The molecule has 0 aliphatic carbocycles. The van der Waals surface area contributed by atoms with Gasteiger partial charge in [-0.2, -0.15) is 11.8 Å². The number of thioether (sulfide) groups is 1. The van der Waals surface area contributed by atoms with Gasteiger partial charge in [0.1, 0.15) is 0 Å². The molecule has 1 heterocycles. The van der Waals surface area contributed by atoms with Crippen LogP contribution in [0.2, 0.25) is 0 Å². The van der Waals surface area contributed by atoms with Gasteiger partial charge in [-0.05, 0) is 18.1 Å². The summed E-state index contributed by atoms with van der Waals surface area (Å²) in [6, 6.07) is 8.07. The van der Waals surface area contributed by atoms with E-state index in [-0.39, 0.29) is 11.8 Å². The summed E-state index contributed by atoms with van der Waals surface area (Å²) >= 11 is 1.78. The molecule has 3 nitrogen and oxygen atoms in total. The van der Waals surface area contributed by atoms with Crippen molar-refractivity contribution in [2.45, 2.75) is 12.3 Å².